The molecule has 0 bridgehead atoms. The molecule has 0 unspecified atom stereocenters. The molecule has 0 aromatic heterocycles. The number of carbonyl (C=O) groups is 1. The first kappa shape index (κ1) is 16.3. The Balaban J connectivity index is 1.46. The number of rotatable bonds is 4. The van der Waals surface area contributed by atoms with Crippen molar-refractivity contribution in [2.75, 3.05) is 45.2 Å². The fourth-order valence-corrected chi connectivity index (χ4v) is 3.96. The molecule has 0 radical (unpaired) electrons. The number of piperazine rings is 1. The van der Waals surface area contributed by atoms with E-state index in [1.165, 1.54) is 31.4 Å². The fraction of sp³-hybridized carbons (Fsp3) is 0.632. The molecular weight excluding hydrogens is 286 g/mol. The molecule has 1 aliphatic heterocycles. The second-order valence-corrected chi connectivity index (χ2v) is 7.18. The smallest absolute Gasteiger partial charge is 0.236 e. The summed E-state index contributed by atoms with van der Waals surface area (Å²) in [6, 6.07) is 11.3. The van der Waals surface area contributed by atoms with Crippen LogP contribution in [0.4, 0.5) is 5.69 Å². The summed E-state index contributed by atoms with van der Waals surface area (Å²) in [6.07, 6.45) is 5.04. The lowest BCUT2D eigenvalue weighted by Gasteiger charge is -2.41. The zero-order valence-corrected chi connectivity index (χ0v) is 14.4. The molecule has 1 aromatic carbocycles. The Kier molecular flexibility index (Phi) is 5.21. The molecule has 0 atom stereocenters. The van der Waals surface area contributed by atoms with Crippen molar-refractivity contribution in [2.45, 2.75) is 31.7 Å². The third-order valence-electron chi connectivity index (χ3n) is 5.55. The zero-order valence-electron chi connectivity index (χ0n) is 14.4. The van der Waals surface area contributed by atoms with Crippen LogP contribution in [0.3, 0.4) is 0 Å². The maximum atomic E-state index is 11.9. The molecule has 1 aromatic rings. The topological polar surface area (TPSA) is 26.8 Å². The summed E-state index contributed by atoms with van der Waals surface area (Å²) < 4.78 is 0. The highest BCUT2D eigenvalue weighted by atomic mass is 16.2. The van der Waals surface area contributed by atoms with Gasteiger partial charge >= 0.3 is 0 Å². The Bertz CT molecular complexity index is 511. The third kappa shape index (κ3) is 4.05. The number of benzene rings is 1. The molecule has 1 saturated heterocycles. The lowest BCUT2D eigenvalue weighted by molar-refractivity contribution is -0.135. The average molecular weight is 315 g/mol. The number of amides is 1. The van der Waals surface area contributed by atoms with Crippen molar-refractivity contribution in [3.63, 3.8) is 0 Å². The maximum absolute atomic E-state index is 11.9. The molecule has 2 aliphatic rings. The van der Waals surface area contributed by atoms with Crippen LogP contribution < -0.4 is 4.90 Å². The molecule has 1 heterocycles. The molecular formula is C19H29N3O. The number of carbonyl (C=O) groups excluding carboxylic acids is 1. The van der Waals surface area contributed by atoms with Crippen LogP contribution >= 0.6 is 0 Å². The summed E-state index contributed by atoms with van der Waals surface area (Å²) in [5.41, 5.74) is 1.30. The second-order valence-electron chi connectivity index (χ2n) is 7.18. The molecule has 0 N–H and O–H groups in total. The van der Waals surface area contributed by atoms with Gasteiger partial charge in [-0.3, -0.25) is 9.69 Å². The summed E-state index contributed by atoms with van der Waals surface area (Å²) in [6.45, 7) is 3.69. The molecule has 1 aliphatic carbocycles. The number of para-hydroxylation sites is 1. The summed E-state index contributed by atoms with van der Waals surface area (Å²) in [5.74, 6) is 1.06. The summed E-state index contributed by atoms with van der Waals surface area (Å²) in [7, 11) is 4.11. The quantitative estimate of drug-likeness (QED) is 0.854. The Morgan fingerprint density at radius 2 is 1.78 bits per heavy atom. The molecule has 23 heavy (non-hydrogen) atoms. The second kappa shape index (κ2) is 7.35. The predicted molar refractivity (Wildman–Crippen MR) is 94.7 cm³/mol. The van der Waals surface area contributed by atoms with E-state index in [0.717, 1.165) is 25.6 Å². The Labute approximate surface area is 140 Å². The van der Waals surface area contributed by atoms with E-state index in [9.17, 15) is 4.79 Å². The average Bonchev–Trinajstić information content (AvgIpc) is 2.59. The van der Waals surface area contributed by atoms with Crippen LogP contribution in [0.2, 0.25) is 0 Å². The molecule has 1 saturated carbocycles. The number of likely N-dealkylation sites (N-methyl/N-ethyl adjacent to an activating group) is 1. The van der Waals surface area contributed by atoms with Crippen LogP contribution in [0.1, 0.15) is 25.7 Å². The van der Waals surface area contributed by atoms with Gasteiger partial charge in [0.05, 0.1) is 6.54 Å². The zero-order chi connectivity index (χ0) is 16.2. The largest absolute Gasteiger partial charge is 0.374 e. The lowest BCUT2D eigenvalue weighted by Crippen LogP contribution is -2.53. The van der Waals surface area contributed by atoms with Crippen LogP contribution in [0.5, 0.6) is 0 Å². The highest BCUT2D eigenvalue weighted by Crippen LogP contribution is 2.29. The van der Waals surface area contributed by atoms with Crippen molar-refractivity contribution in [2.24, 2.45) is 5.92 Å². The highest BCUT2D eigenvalue weighted by Gasteiger charge is 2.30. The summed E-state index contributed by atoms with van der Waals surface area (Å²) in [4.78, 5) is 18.5. The standard InChI is InChI=1S/C19H29N3O/c1-20-12-13-22(15-19(20)23)18-10-8-16(9-11-18)14-21(2)17-6-4-3-5-7-17/h3-7,16,18H,8-15H2,1-2H3. The number of nitrogens with zero attached hydrogens (tertiary/aromatic N) is 3. The van der Waals surface area contributed by atoms with Gasteiger partial charge in [0.25, 0.3) is 0 Å². The van der Waals surface area contributed by atoms with Crippen molar-refractivity contribution < 1.29 is 4.79 Å². The maximum Gasteiger partial charge on any atom is 0.236 e. The van der Waals surface area contributed by atoms with Gasteiger partial charge in [0.1, 0.15) is 0 Å². The van der Waals surface area contributed by atoms with Crippen LogP contribution in [0.15, 0.2) is 30.3 Å². The minimum atomic E-state index is 0.280. The molecule has 4 nitrogen and oxygen atoms in total. The van der Waals surface area contributed by atoms with Gasteiger partial charge in [0, 0.05) is 45.5 Å². The van der Waals surface area contributed by atoms with E-state index in [0.29, 0.717) is 12.6 Å². The third-order valence-corrected chi connectivity index (χ3v) is 5.55. The molecule has 1 amide bonds. The van der Waals surface area contributed by atoms with E-state index >= 15 is 0 Å². The van der Waals surface area contributed by atoms with E-state index in [2.05, 4.69) is 47.2 Å². The first-order valence-electron chi connectivity index (χ1n) is 8.87. The minimum absolute atomic E-state index is 0.280. The SMILES string of the molecule is CN1CCN(C2CCC(CN(C)c3ccccc3)CC2)CC1=O. The van der Waals surface area contributed by atoms with E-state index in [4.69, 9.17) is 0 Å². The van der Waals surface area contributed by atoms with E-state index in [1.54, 1.807) is 0 Å². The number of hydrogen-bond acceptors (Lipinski definition) is 3. The minimum Gasteiger partial charge on any atom is -0.374 e. The predicted octanol–water partition coefficient (Wildman–Crippen LogP) is 2.46. The van der Waals surface area contributed by atoms with Crippen molar-refractivity contribution in [1.82, 2.24) is 9.80 Å². The van der Waals surface area contributed by atoms with Crippen molar-refractivity contribution in [3.05, 3.63) is 30.3 Å². The molecule has 3 rings (SSSR count). The van der Waals surface area contributed by atoms with Crippen molar-refractivity contribution >= 4 is 11.6 Å². The fourth-order valence-electron chi connectivity index (χ4n) is 3.96. The lowest BCUT2D eigenvalue weighted by atomic mass is 9.84. The number of hydrogen-bond donors (Lipinski definition) is 0. The normalized spacial score (nSPS) is 26.3. The molecule has 0 spiro atoms. The Morgan fingerprint density at radius 1 is 1.09 bits per heavy atom. The van der Waals surface area contributed by atoms with Crippen LogP contribution in [-0.2, 0) is 4.79 Å². The monoisotopic (exact) mass is 315 g/mol. The Morgan fingerprint density at radius 3 is 2.43 bits per heavy atom. The summed E-state index contributed by atoms with van der Waals surface area (Å²) in [5, 5.41) is 0. The van der Waals surface area contributed by atoms with Gasteiger partial charge < -0.3 is 9.80 Å². The Hall–Kier alpha value is -1.55. The van der Waals surface area contributed by atoms with Gasteiger partial charge in [0.15, 0.2) is 0 Å². The molecule has 2 fully saturated rings. The van der Waals surface area contributed by atoms with E-state index in [1.807, 2.05) is 11.9 Å². The van der Waals surface area contributed by atoms with E-state index in [-0.39, 0.29) is 5.91 Å². The molecule has 4 heteroatoms. The van der Waals surface area contributed by atoms with Gasteiger partial charge in [-0.25, -0.2) is 0 Å². The number of anilines is 1. The van der Waals surface area contributed by atoms with Crippen LogP contribution in [-0.4, -0.2) is 62.0 Å². The van der Waals surface area contributed by atoms with Gasteiger partial charge in [0.2, 0.25) is 5.91 Å². The van der Waals surface area contributed by atoms with Crippen molar-refractivity contribution in [1.29, 1.82) is 0 Å². The van der Waals surface area contributed by atoms with Crippen LogP contribution in [0.25, 0.3) is 0 Å². The molecule has 126 valence electrons. The first-order valence-corrected chi connectivity index (χ1v) is 8.87. The first-order chi connectivity index (χ1) is 11.1. The highest BCUT2D eigenvalue weighted by molar-refractivity contribution is 5.78. The van der Waals surface area contributed by atoms with E-state index < -0.39 is 0 Å². The van der Waals surface area contributed by atoms with Gasteiger partial charge in [-0.15, -0.1) is 0 Å². The van der Waals surface area contributed by atoms with Crippen LogP contribution in [0, 0.1) is 5.92 Å². The van der Waals surface area contributed by atoms with Gasteiger partial charge in [-0.1, -0.05) is 18.2 Å². The summed E-state index contributed by atoms with van der Waals surface area (Å²) >= 11 is 0. The van der Waals surface area contributed by atoms with Gasteiger partial charge in [-0.05, 0) is 43.7 Å². The van der Waals surface area contributed by atoms with Crippen molar-refractivity contribution in [3.8, 4) is 0 Å². The van der Waals surface area contributed by atoms with Gasteiger partial charge in [-0.2, -0.15) is 0 Å².